The molecular formula is C22H20ClN3O2. The summed E-state index contributed by atoms with van der Waals surface area (Å²) in [7, 11) is 0. The zero-order valence-corrected chi connectivity index (χ0v) is 16.4. The van der Waals surface area contributed by atoms with Crippen molar-refractivity contribution in [2.24, 2.45) is 0 Å². The SMILES string of the molecule is CCN(C(=O)c1ccnc(C(=O)Nc2cccc(Cl)c2)c1)c1cccc(C)c1. The molecule has 0 bridgehead atoms. The molecule has 0 saturated heterocycles. The number of aromatic nitrogens is 1. The van der Waals surface area contributed by atoms with E-state index in [1.807, 2.05) is 38.1 Å². The van der Waals surface area contributed by atoms with Gasteiger partial charge >= 0.3 is 0 Å². The first kappa shape index (κ1) is 19.6. The van der Waals surface area contributed by atoms with Crippen LogP contribution in [0, 0.1) is 6.92 Å². The van der Waals surface area contributed by atoms with Crippen molar-refractivity contribution in [1.82, 2.24) is 4.98 Å². The predicted octanol–water partition coefficient (Wildman–Crippen LogP) is 4.96. The van der Waals surface area contributed by atoms with Gasteiger partial charge in [-0.2, -0.15) is 0 Å². The lowest BCUT2D eigenvalue weighted by Crippen LogP contribution is -2.31. The molecule has 142 valence electrons. The Morgan fingerprint density at radius 2 is 1.86 bits per heavy atom. The van der Waals surface area contributed by atoms with Gasteiger partial charge in [0, 0.05) is 34.7 Å². The Hall–Kier alpha value is -3.18. The fourth-order valence-corrected chi connectivity index (χ4v) is 3.03. The highest BCUT2D eigenvalue weighted by molar-refractivity contribution is 6.31. The van der Waals surface area contributed by atoms with Crippen LogP contribution in [-0.4, -0.2) is 23.3 Å². The molecule has 2 amide bonds. The molecule has 0 spiro atoms. The predicted molar refractivity (Wildman–Crippen MR) is 112 cm³/mol. The van der Waals surface area contributed by atoms with Crippen LogP contribution in [0.15, 0.2) is 66.9 Å². The van der Waals surface area contributed by atoms with Crippen molar-refractivity contribution >= 4 is 34.8 Å². The van der Waals surface area contributed by atoms with Crippen LogP contribution in [0.2, 0.25) is 5.02 Å². The molecule has 1 aromatic heterocycles. The summed E-state index contributed by atoms with van der Waals surface area (Å²) in [5, 5.41) is 3.26. The summed E-state index contributed by atoms with van der Waals surface area (Å²) in [4.78, 5) is 31.3. The van der Waals surface area contributed by atoms with Crippen LogP contribution in [0.3, 0.4) is 0 Å². The van der Waals surface area contributed by atoms with Crippen LogP contribution in [0.25, 0.3) is 0 Å². The Labute approximate surface area is 169 Å². The fraction of sp³-hybridized carbons (Fsp3) is 0.136. The molecule has 0 aliphatic rings. The molecule has 6 heteroatoms. The summed E-state index contributed by atoms with van der Waals surface area (Å²) in [5.74, 6) is -0.595. The first-order valence-electron chi connectivity index (χ1n) is 8.89. The van der Waals surface area contributed by atoms with Gasteiger partial charge in [-0.25, -0.2) is 0 Å². The van der Waals surface area contributed by atoms with Crippen molar-refractivity contribution in [3.8, 4) is 0 Å². The molecule has 0 radical (unpaired) electrons. The first-order chi connectivity index (χ1) is 13.5. The number of anilines is 2. The van der Waals surface area contributed by atoms with Gasteiger partial charge < -0.3 is 10.2 Å². The molecular weight excluding hydrogens is 374 g/mol. The van der Waals surface area contributed by atoms with E-state index in [0.717, 1.165) is 11.3 Å². The molecule has 0 aliphatic heterocycles. The second-order valence-corrected chi connectivity index (χ2v) is 6.72. The number of hydrogen-bond acceptors (Lipinski definition) is 3. The smallest absolute Gasteiger partial charge is 0.274 e. The molecule has 1 heterocycles. The monoisotopic (exact) mass is 393 g/mol. The topological polar surface area (TPSA) is 62.3 Å². The Kier molecular flexibility index (Phi) is 6.06. The van der Waals surface area contributed by atoms with E-state index in [2.05, 4.69) is 10.3 Å². The summed E-state index contributed by atoms with van der Waals surface area (Å²) in [6.07, 6.45) is 1.46. The molecule has 0 fully saturated rings. The van der Waals surface area contributed by atoms with E-state index in [0.29, 0.717) is 22.8 Å². The maximum Gasteiger partial charge on any atom is 0.274 e. The number of benzene rings is 2. The van der Waals surface area contributed by atoms with Crippen molar-refractivity contribution in [2.75, 3.05) is 16.8 Å². The maximum atomic E-state index is 13.0. The summed E-state index contributed by atoms with van der Waals surface area (Å²) < 4.78 is 0. The number of hydrogen-bond donors (Lipinski definition) is 1. The molecule has 2 aromatic carbocycles. The number of carbonyl (C=O) groups excluding carboxylic acids is 2. The van der Waals surface area contributed by atoms with Crippen LogP contribution in [0.4, 0.5) is 11.4 Å². The molecule has 3 rings (SSSR count). The van der Waals surface area contributed by atoms with Crippen molar-refractivity contribution in [3.63, 3.8) is 0 Å². The fourth-order valence-electron chi connectivity index (χ4n) is 2.84. The minimum Gasteiger partial charge on any atom is -0.321 e. The molecule has 0 aliphatic carbocycles. The van der Waals surface area contributed by atoms with E-state index >= 15 is 0 Å². The lowest BCUT2D eigenvalue weighted by Gasteiger charge is -2.21. The van der Waals surface area contributed by atoms with Crippen LogP contribution in [0.5, 0.6) is 0 Å². The van der Waals surface area contributed by atoms with Gasteiger partial charge in [-0.15, -0.1) is 0 Å². The van der Waals surface area contributed by atoms with Crippen LogP contribution in [0.1, 0.15) is 33.3 Å². The van der Waals surface area contributed by atoms with Crippen molar-refractivity contribution in [1.29, 1.82) is 0 Å². The van der Waals surface area contributed by atoms with E-state index < -0.39 is 5.91 Å². The van der Waals surface area contributed by atoms with E-state index in [1.165, 1.54) is 12.3 Å². The van der Waals surface area contributed by atoms with Gasteiger partial charge in [0.15, 0.2) is 0 Å². The number of carbonyl (C=O) groups is 2. The van der Waals surface area contributed by atoms with E-state index in [-0.39, 0.29) is 11.6 Å². The number of nitrogens with zero attached hydrogens (tertiary/aromatic N) is 2. The minimum atomic E-state index is -0.407. The van der Waals surface area contributed by atoms with Gasteiger partial charge in [-0.3, -0.25) is 14.6 Å². The summed E-state index contributed by atoms with van der Waals surface area (Å²) in [6, 6.07) is 17.7. The number of nitrogens with one attached hydrogen (secondary N) is 1. The molecule has 28 heavy (non-hydrogen) atoms. The quantitative estimate of drug-likeness (QED) is 0.666. The standard InChI is InChI=1S/C22H20ClN3O2/c1-3-26(19-9-4-6-15(2)12-19)22(28)16-10-11-24-20(13-16)21(27)25-18-8-5-7-17(23)14-18/h4-14H,3H2,1-2H3,(H,25,27). The lowest BCUT2D eigenvalue weighted by atomic mass is 10.1. The number of aryl methyl sites for hydroxylation is 1. The van der Waals surface area contributed by atoms with E-state index in [9.17, 15) is 9.59 Å². The lowest BCUT2D eigenvalue weighted by molar-refractivity contribution is 0.0988. The van der Waals surface area contributed by atoms with E-state index in [1.54, 1.807) is 35.2 Å². The number of halogens is 1. The second-order valence-electron chi connectivity index (χ2n) is 6.28. The highest BCUT2D eigenvalue weighted by atomic mass is 35.5. The average molecular weight is 394 g/mol. The second kappa shape index (κ2) is 8.67. The molecule has 3 aromatic rings. The van der Waals surface area contributed by atoms with Crippen molar-refractivity contribution in [2.45, 2.75) is 13.8 Å². The van der Waals surface area contributed by atoms with Gasteiger partial charge in [-0.1, -0.05) is 29.8 Å². The Morgan fingerprint density at radius 1 is 1.07 bits per heavy atom. The summed E-state index contributed by atoms with van der Waals surface area (Å²) >= 11 is 5.94. The van der Waals surface area contributed by atoms with Crippen LogP contribution >= 0.6 is 11.6 Å². The Balaban J connectivity index is 1.83. The number of pyridine rings is 1. The van der Waals surface area contributed by atoms with Gasteiger partial charge in [-0.05, 0) is 61.9 Å². The van der Waals surface area contributed by atoms with Gasteiger partial charge in [0.1, 0.15) is 5.69 Å². The normalized spacial score (nSPS) is 10.4. The highest BCUT2D eigenvalue weighted by Gasteiger charge is 2.18. The zero-order valence-electron chi connectivity index (χ0n) is 15.6. The average Bonchev–Trinajstić information content (AvgIpc) is 2.68. The first-order valence-corrected chi connectivity index (χ1v) is 9.27. The Bertz CT molecular complexity index is 1020. The molecule has 0 atom stereocenters. The molecule has 1 N–H and O–H groups in total. The maximum absolute atomic E-state index is 13.0. The van der Waals surface area contributed by atoms with Crippen LogP contribution < -0.4 is 10.2 Å². The van der Waals surface area contributed by atoms with Gasteiger partial charge in [0.05, 0.1) is 0 Å². The van der Waals surface area contributed by atoms with Crippen LogP contribution in [-0.2, 0) is 0 Å². The minimum absolute atomic E-state index is 0.158. The number of rotatable bonds is 5. The summed E-state index contributed by atoms with van der Waals surface area (Å²) in [5.41, 5.74) is 3.00. The Morgan fingerprint density at radius 3 is 2.57 bits per heavy atom. The molecule has 5 nitrogen and oxygen atoms in total. The third kappa shape index (κ3) is 4.56. The van der Waals surface area contributed by atoms with Gasteiger partial charge in [0.2, 0.25) is 0 Å². The zero-order chi connectivity index (χ0) is 20.1. The summed E-state index contributed by atoms with van der Waals surface area (Å²) in [6.45, 7) is 4.40. The number of amides is 2. The molecule has 0 saturated carbocycles. The third-order valence-electron chi connectivity index (χ3n) is 4.20. The van der Waals surface area contributed by atoms with Crippen molar-refractivity contribution in [3.05, 3.63) is 88.7 Å². The third-order valence-corrected chi connectivity index (χ3v) is 4.43. The highest BCUT2D eigenvalue weighted by Crippen LogP contribution is 2.19. The molecule has 0 unspecified atom stereocenters. The van der Waals surface area contributed by atoms with Gasteiger partial charge in [0.25, 0.3) is 11.8 Å². The van der Waals surface area contributed by atoms with E-state index in [4.69, 9.17) is 11.6 Å². The largest absolute Gasteiger partial charge is 0.321 e. The van der Waals surface area contributed by atoms with Crippen molar-refractivity contribution < 1.29 is 9.59 Å².